The molecule has 0 saturated carbocycles. The van der Waals surface area contributed by atoms with Gasteiger partial charge in [-0.2, -0.15) is 13.2 Å². The lowest BCUT2D eigenvalue weighted by Gasteiger charge is -2.11. The fourth-order valence-corrected chi connectivity index (χ4v) is 2.36. The smallest absolute Gasteiger partial charge is 0.416 e. The molecule has 0 heterocycles. The van der Waals surface area contributed by atoms with Crippen LogP contribution in [0, 0.1) is 6.92 Å². The van der Waals surface area contributed by atoms with Crippen molar-refractivity contribution < 1.29 is 22.7 Å². The monoisotopic (exact) mass is 387 g/mol. The predicted octanol–water partition coefficient (Wildman–Crippen LogP) is 4.79. The molecule has 0 spiro atoms. The van der Waals surface area contributed by atoms with Crippen molar-refractivity contribution in [2.24, 2.45) is 0 Å². The topological polar surface area (TPSA) is 38.3 Å². The molecule has 7 heteroatoms. The third-order valence-electron chi connectivity index (χ3n) is 2.97. The molecular weight excluding hydrogens is 375 g/mol. The lowest BCUT2D eigenvalue weighted by Crippen LogP contribution is -2.20. The minimum absolute atomic E-state index is 0.0703. The third kappa shape index (κ3) is 4.99. The summed E-state index contributed by atoms with van der Waals surface area (Å²) in [6.07, 6.45) is -4.45. The molecule has 23 heavy (non-hydrogen) atoms. The number of hydrogen-bond acceptors (Lipinski definition) is 2. The fraction of sp³-hybridized carbons (Fsp3) is 0.188. The van der Waals surface area contributed by atoms with Crippen LogP contribution in [0.5, 0.6) is 5.75 Å². The number of carbonyl (C=O) groups excluding carboxylic acids is 1. The maximum absolute atomic E-state index is 12.6. The van der Waals surface area contributed by atoms with Crippen molar-refractivity contribution in [2.75, 3.05) is 11.9 Å². The molecule has 0 unspecified atom stereocenters. The van der Waals surface area contributed by atoms with Crippen LogP contribution in [0.1, 0.15) is 11.1 Å². The van der Waals surface area contributed by atoms with E-state index < -0.39 is 17.6 Å². The van der Waals surface area contributed by atoms with Crippen LogP contribution in [0.3, 0.4) is 0 Å². The number of amides is 1. The molecular formula is C16H13BrF3NO2. The summed E-state index contributed by atoms with van der Waals surface area (Å²) in [5, 5.41) is 2.38. The molecule has 2 aromatic carbocycles. The predicted molar refractivity (Wildman–Crippen MR) is 84.4 cm³/mol. The summed E-state index contributed by atoms with van der Waals surface area (Å²) in [6, 6.07) is 9.75. The van der Waals surface area contributed by atoms with Gasteiger partial charge in [-0.3, -0.25) is 4.79 Å². The van der Waals surface area contributed by atoms with Gasteiger partial charge in [-0.25, -0.2) is 0 Å². The second-order valence-corrected chi connectivity index (χ2v) is 5.74. The number of anilines is 1. The first-order valence-corrected chi connectivity index (χ1v) is 7.41. The SMILES string of the molecule is Cc1cc(Br)ccc1OCC(=O)Nc1cccc(C(F)(F)F)c1. The van der Waals surface area contributed by atoms with Crippen molar-refractivity contribution in [1.29, 1.82) is 0 Å². The minimum Gasteiger partial charge on any atom is -0.483 e. The summed E-state index contributed by atoms with van der Waals surface area (Å²) >= 11 is 3.32. The highest BCUT2D eigenvalue weighted by molar-refractivity contribution is 9.10. The highest BCUT2D eigenvalue weighted by Crippen LogP contribution is 2.30. The molecule has 0 saturated heterocycles. The van der Waals surface area contributed by atoms with Crippen LogP contribution >= 0.6 is 15.9 Å². The second-order valence-electron chi connectivity index (χ2n) is 4.83. The quantitative estimate of drug-likeness (QED) is 0.818. The Hall–Kier alpha value is -2.02. The Morgan fingerprint density at radius 3 is 2.61 bits per heavy atom. The Bertz CT molecular complexity index is 717. The van der Waals surface area contributed by atoms with E-state index in [4.69, 9.17) is 4.74 Å². The van der Waals surface area contributed by atoms with Crippen LogP contribution in [-0.4, -0.2) is 12.5 Å². The molecule has 1 N–H and O–H groups in total. The second kappa shape index (κ2) is 7.04. The zero-order valence-electron chi connectivity index (χ0n) is 12.1. The van der Waals surface area contributed by atoms with Crippen molar-refractivity contribution >= 4 is 27.5 Å². The largest absolute Gasteiger partial charge is 0.483 e. The number of rotatable bonds is 4. The summed E-state index contributed by atoms with van der Waals surface area (Å²) in [7, 11) is 0. The van der Waals surface area contributed by atoms with Gasteiger partial charge in [0.2, 0.25) is 0 Å². The van der Waals surface area contributed by atoms with Crippen LogP contribution in [0.15, 0.2) is 46.9 Å². The van der Waals surface area contributed by atoms with Crippen LogP contribution in [0.25, 0.3) is 0 Å². The van der Waals surface area contributed by atoms with Gasteiger partial charge in [0.05, 0.1) is 5.56 Å². The van der Waals surface area contributed by atoms with Gasteiger partial charge in [0.1, 0.15) is 5.75 Å². The van der Waals surface area contributed by atoms with Crippen LogP contribution in [0.4, 0.5) is 18.9 Å². The molecule has 1 amide bonds. The van der Waals surface area contributed by atoms with Crippen molar-refractivity contribution in [1.82, 2.24) is 0 Å². The Labute approximate surface area is 139 Å². The molecule has 2 rings (SSSR count). The van der Waals surface area contributed by atoms with Crippen LogP contribution in [0.2, 0.25) is 0 Å². The van der Waals surface area contributed by atoms with Gasteiger partial charge < -0.3 is 10.1 Å². The van der Waals surface area contributed by atoms with Crippen LogP contribution in [-0.2, 0) is 11.0 Å². The summed E-state index contributed by atoms with van der Waals surface area (Å²) in [6.45, 7) is 1.53. The van der Waals surface area contributed by atoms with Crippen molar-refractivity contribution in [3.8, 4) is 5.75 Å². The lowest BCUT2D eigenvalue weighted by atomic mass is 10.2. The van der Waals surface area contributed by atoms with Crippen molar-refractivity contribution in [3.05, 3.63) is 58.1 Å². The van der Waals surface area contributed by atoms with Gasteiger partial charge in [-0.1, -0.05) is 22.0 Å². The Balaban J connectivity index is 1.97. The summed E-state index contributed by atoms with van der Waals surface area (Å²) < 4.78 is 44.1. The third-order valence-corrected chi connectivity index (χ3v) is 3.46. The van der Waals surface area contributed by atoms with Gasteiger partial charge in [0.25, 0.3) is 5.91 Å². The normalized spacial score (nSPS) is 11.2. The van der Waals surface area contributed by atoms with E-state index in [0.29, 0.717) is 5.75 Å². The Kier molecular flexibility index (Phi) is 5.30. The maximum atomic E-state index is 12.6. The molecule has 0 atom stereocenters. The molecule has 3 nitrogen and oxygen atoms in total. The van der Waals surface area contributed by atoms with Crippen molar-refractivity contribution in [2.45, 2.75) is 13.1 Å². The zero-order chi connectivity index (χ0) is 17.0. The minimum atomic E-state index is -4.45. The van der Waals surface area contributed by atoms with E-state index in [1.165, 1.54) is 12.1 Å². The molecule has 0 bridgehead atoms. The molecule has 0 aromatic heterocycles. The highest BCUT2D eigenvalue weighted by atomic mass is 79.9. The van der Waals surface area contributed by atoms with Gasteiger partial charge in [-0.05, 0) is 48.9 Å². The number of nitrogens with one attached hydrogen (secondary N) is 1. The average Bonchev–Trinajstić information content (AvgIpc) is 2.45. The first-order chi connectivity index (χ1) is 10.8. The van der Waals surface area contributed by atoms with E-state index in [-0.39, 0.29) is 12.3 Å². The molecule has 0 aliphatic rings. The Morgan fingerprint density at radius 1 is 1.22 bits per heavy atom. The summed E-state index contributed by atoms with van der Waals surface area (Å²) in [5.41, 5.74) is 0.0900. The molecule has 2 aromatic rings. The lowest BCUT2D eigenvalue weighted by molar-refractivity contribution is -0.137. The molecule has 0 fully saturated rings. The standard InChI is InChI=1S/C16H13BrF3NO2/c1-10-7-12(17)5-6-14(10)23-9-15(22)21-13-4-2-3-11(8-13)16(18,19)20/h2-8H,9H2,1H3,(H,21,22). The zero-order valence-corrected chi connectivity index (χ0v) is 13.7. The molecule has 0 aliphatic heterocycles. The number of aryl methyl sites for hydroxylation is 1. The van der Waals surface area contributed by atoms with E-state index >= 15 is 0 Å². The number of alkyl halides is 3. The number of benzene rings is 2. The summed E-state index contributed by atoms with van der Waals surface area (Å²) in [5.74, 6) is -0.000893. The van der Waals surface area contributed by atoms with Crippen LogP contribution < -0.4 is 10.1 Å². The fourth-order valence-electron chi connectivity index (χ4n) is 1.89. The van der Waals surface area contributed by atoms with Gasteiger partial charge in [0, 0.05) is 10.2 Å². The number of halogens is 4. The van der Waals surface area contributed by atoms with E-state index in [0.717, 1.165) is 22.2 Å². The van der Waals surface area contributed by atoms with Gasteiger partial charge in [0.15, 0.2) is 6.61 Å². The van der Waals surface area contributed by atoms with E-state index in [9.17, 15) is 18.0 Å². The van der Waals surface area contributed by atoms with E-state index in [1.807, 2.05) is 13.0 Å². The maximum Gasteiger partial charge on any atom is 0.416 e. The van der Waals surface area contributed by atoms with E-state index in [2.05, 4.69) is 21.2 Å². The van der Waals surface area contributed by atoms with Gasteiger partial charge >= 0.3 is 6.18 Å². The number of carbonyl (C=O) groups is 1. The van der Waals surface area contributed by atoms with E-state index in [1.54, 1.807) is 12.1 Å². The van der Waals surface area contributed by atoms with Gasteiger partial charge in [-0.15, -0.1) is 0 Å². The highest BCUT2D eigenvalue weighted by Gasteiger charge is 2.30. The molecule has 0 radical (unpaired) electrons. The number of hydrogen-bond donors (Lipinski definition) is 1. The summed E-state index contributed by atoms with van der Waals surface area (Å²) in [4.78, 5) is 11.8. The number of ether oxygens (including phenoxy) is 1. The van der Waals surface area contributed by atoms with Crippen molar-refractivity contribution in [3.63, 3.8) is 0 Å². The molecule has 0 aliphatic carbocycles. The average molecular weight is 388 g/mol. The Morgan fingerprint density at radius 2 is 1.96 bits per heavy atom. The molecule has 122 valence electrons. The first-order valence-electron chi connectivity index (χ1n) is 6.62. The first kappa shape index (κ1) is 17.3.